The third kappa shape index (κ3) is 4.34. The number of rotatable bonds is 4. The number of nitrogens with zero attached hydrogens (tertiary/aromatic N) is 2. The van der Waals surface area contributed by atoms with E-state index in [-0.39, 0.29) is 11.8 Å². The number of aryl methyl sites for hydroxylation is 3. The first kappa shape index (κ1) is 19.5. The molecule has 0 radical (unpaired) electrons. The summed E-state index contributed by atoms with van der Waals surface area (Å²) in [7, 11) is 0. The Labute approximate surface area is 156 Å². The molecule has 0 bridgehead atoms. The molecule has 1 atom stereocenters. The van der Waals surface area contributed by atoms with Crippen molar-refractivity contribution in [3.8, 4) is 0 Å². The van der Waals surface area contributed by atoms with Gasteiger partial charge in [0.25, 0.3) is 5.91 Å². The van der Waals surface area contributed by atoms with Crippen molar-refractivity contribution < 1.29 is 22.5 Å². The molecule has 0 aliphatic carbocycles. The molecule has 1 aliphatic rings. The average molecular weight is 380 g/mol. The number of piperidine rings is 1. The molecule has 4 nitrogen and oxygen atoms in total. The molecule has 2 heterocycles. The number of carbonyl (C=O) groups is 1. The van der Waals surface area contributed by atoms with Crippen LogP contribution in [-0.2, 0) is 12.6 Å². The van der Waals surface area contributed by atoms with E-state index in [9.17, 15) is 18.0 Å². The molecular weight excluding hydrogens is 357 g/mol. The van der Waals surface area contributed by atoms with E-state index in [1.54, 1.807) is 30.9 Å². The molecule has 2 aromatic rings. The fourth-order valence-corrected chi connectivity index (χ4v) is 3.81. The van der Waals surface area contributed by atoms with Gasteiger partial charge in [0, 0.05) is 13.1 Å². The van der Waals surface area contributed by atoms with Crippen LogP contribution in [0.3, 0.4) is 0 Å². The minimum Gasteiger partial charge on any atom is -0.361 e. The van der Waals surface area contributed by atoms with Crippen molar-refractivity contribution in [3.05, 3.63) is 52.4 Å². The van der Waals surface area contributed by atoms with Crippen molar-refractivity contribution in [1.29, 1.82) is 0 Å². The lowest BCUT2D eigenvalue weighted by Gasteiger charge is -2.33. The first-order chi connectivity index (χ1) is 12.8. The summed E-state index contributed by atoms with van der Waals surface area (Å²) in [6, 6.07) is 5.72. The van der Waals surface area contributed by atoms with Crippen LogP contribution in [0.1, 0.15) is 52.2 Å². The Morgan fingerprint density at radius 2 is 2.04 bits per heavy atom. The molecule has 0 unspecified atom stereocenters. The standard InChI is InChI=1S/C20H23F3N2O2/c1-13-18(14(2)27-24-13)19(26)25-11-5-6-15(12-25)9-10-16-7-3-4-8-17(16)20(21,22)23/h3-4,7-8,15H,5-6,9-12H2,1-2H3/t15-/m0/s1. The van der Waals surface area contributed by atoms with Crippen LogP contribution in [0, 0.1) is 19.8 Å². The van der Waals surface area contributed by atoms with Gasteiger partial charge in [-0.25, -0.2) is 0 Å². The van der Waals surface area contributed by atoms with Crippen LogP contribution in [0.2, 0.25) is 0 Å². The molecule has 3 rings (SSSR count). The molecule has 1 aromatic carbocycles. The molecule has 1 amide bonds. The second-order valence-corrected chi connectivity index (χ2v) is 7.15. The Morgan fingerprint density at radius 1 is 1.30 bits per heavy atom. The third-order valence-electron chi connectivity index (χ3n) is 5.20. The Kier molecular flexibility index (Phi) is 5.58. The Morgan fingerprint density at radius 3 is 2.70 bits per heavy atom. The molecule has 0 spiro atoms. The topological polar surface area (TPSA) is 46.3 Å². The van der Waals surface area contributed by atoms with E-state index < -0.39 is 11.7 Å². The maximum atomic E-state index is 13.1. The zero-order valence-electron chi connectivity index (χ0n) is 15.5. The highest BCUT2D eigenvalue weighted by Gasteiger charge is 2.33. The number of benzene rings is 1. The van der Waals surface area contributed by atoms with E-state index in [4.69, 9.17) is 4.52 Å². The number of amides is 1. The van der Waals surface area contributed by atoms with E-state index in [1.807, 2.05) is 0 Å². The maximum absolute atomic E-state index is 13.1. The summed E-state index contributed by atoms with van der Waals surface area (Å²) < 4.78 is 44.5. The van der Waals surface area contributed by atoms with Gasteiger partial charge in [0.1, 0.15) is 11.3 Å². The largest absolute Gasteiger partial charge is 0.416 e. The van der Waals surface area contributed by atoms with Gasteiger partial charge in [-0.05, 0) is 57.1 Å². The van der Waals surface area contributed by atoms with Crippen molar-refractivity contribution in [2.75, 3.05) is 13.1 Å². The van der Waals surface area contributed by atoms with Gasteiger partial charge in [-0.3, -0.25) is 4.79 Å². The minimum atomic E-state index is -4.34. The quantitative estimate of drug-likeness (QED) is 0.766. The fraction of sp³-hybridized carbons (Fsp3) is 0.500. The predicted octanol–water partition coefficient (Wildman–Crippen LogP) is 4.80. The van der Waals surface area contributed by atoms with Crippen LogP contribution in [0.25, 0.3) is 0 Å². The molecule has 146 valence electrons. The lowest BCUT2D eigenvalue weighted by atomic mass is 9.90. The molecule has 1 aliphatic heterocycles. The summed E-state index contributed by atoms with van der Waals surface area (Å²) in [4.78, 5) is 14.6. The number of likely N-dealkylation sites (tertiary alicyclic amines) is 1. The van der Waals surface area contributed by atoms with Gasteiger partial charge < -0.3 is 9.42 Å². The summed E-state index contributed by atoms with van der Waals surface area (Å²) in [5.74, 6) is 0.579. The van der Waals surface area contributed by atoms with Crippen molar-refractivity contribution in [2.45, 2.75) is 45.7 Å². The number of carbonyl (C=O) groups excluding carboxylic acids is 1. The van der Waals surface area contributed by atoms with Gasteiger partial charge in [-0.15, -0.1) is 0 Å². The van der Waals surface area contributed by atoms with Crippen LogP contribution in [0.15, 0.2) is 28.8 Å². The SMILES string of the molecule is Cc1noc(C)c1C(=O)N1CCC[C@@H](CCc2ccccc2C(F)(F)F)C1. The van der Waals surface area contributed by atoms with Gasteiger partial charge in [0.15, 0.2) is 0 Å². The second-order valence-electron chi connectivity index (χ2n) is 7.15. The fourth-order valence-electron chi connectivity index (χ4n) is 3.81. The van der Waals surface area contributed by atoms with Gasteiger partial charge >= 0.3 is 6.18 Å². The second kappa shape index (κ2) is 7.74. The van der Waals surface area contributed by atoms with Crippen molar-refractivity contribution >= 4 is 5.91 Å². The molecule has 27 heavy (non-hydrogen) atoms. The van der Waals surface area contributed by atoms with Gasteiger partial charge in [-0.1, -0.05) is 23.4 Å². The van der Waals surface area contributed by atoms with Gasteiger partial charge in [-0.2, -0.15) is 13.2 Å². The summed E-state index contributed by atoms with van der Waals surface area (Å²) in [5.41, 5.74) is 0.820. The smallest absolute Gasteiger partial charge is 0.361 e. The summed E-state index contributed by atoms with van der Waals surface area (Å²) in [5, 5.41) is 3.83. The summed E-state index contributed by atoms with van der Waals surface area (Å²) in [6.07, 6.45) is -1.60. The number of alkyl halides is 3. The number of halogens is 3. The van der Waals surface area contributed by atoms with Crippen LogP contribution < -0.4 is 0 Å². The van der Waals surface area contributed by atoms with E-state index in [2.05, 4.69) is 5.16 Å². The molecule has 0 saturated carbocycles. The van der Waals surface area contributed by atoms with Crippen LogP contribution >= 0.6 is 0 Å². The number of hydrogen-bond donors (Lipinski definition) is 0. The maximum Gasteiger partial charge on any atom is 0.416 e. The Hall–Kier alpha value is -2.31. The summed E-state index contributed by atoms with van der Waals surface area (Å²) in [6.45, 7) is 4.65. The van der Waals surface area contributed by atoms with Crippen LogP contribution in [0.5, 0.6) is 0 Å². The highest BCUT2D eigenvalue weighted by Crippen LogP contribution is 2.33. The molecule has 0 N–H and O–H groups in total. The Balaban J connectivity index is 1.65. The van der Waals surface area contributed by atoms with E-state index >= 15 is 0 Å². The van der Waals surface area contributed by atoms with Crippen LogP contribution in [0.4, 0.5) is 13.2 Å². The highest BCUT2D eigenvalue weighted by molar-refractivity contribution is 5.96. The molecule has 1 saturated heterocycles. The van der Waals surface area contributed by atoms with Crippen molar-refractivity contribution in [3.63, 3.8) is 0 Å². The number of hydrogen-bond acceptors (Lipinski definition) is 3. The van der Waals surface area contributed by atoms with Gasteiger partial charge in [0.05, 0.1) is 11.3 Å². The highest BCUT2D eigenvalue weighted by atomic mass is 19.4. The minimum absolute atomic E-state index is 0.105. The zero-order valence-corrected chi connectivity index (χ0v) is 15.5. The summed E-state index contributed by atoms with van der Waals surface area (Å²) >= 11 is 0. The molecular formula is C20H23F3N2O2. The monoisotopic (exact) mass is 380 g/mol. The number of aromatic nitrogens is 1. The predicted molar refractivity (Wildman–Crippen MR) is 94.4 cm³/mol. The lowest BCUT2D eigenvalue weighted by molar-refractivity contribution is -0.138. The normalized spacial score (nSPS) is 18.0. The molecule has 7 heteroatoms. The first-order valence-corrected chi connectivity index (χ1v) is 9.14. The zero-order chi connectivity index (χ0) is 19.6. The van der Waals surface area contributed by atoms with E-state index in [0.29, 0.717) is 48.5 Å². The first-order valence-electron chi connectivity index (χ1n) is 9.14. The average Bonchev–Trinajstić information content (AvgIpc) is 2.97. The van der Waals surface area contributed by atoms with Gasteiger partial charge in [0.2, 0.25) is 0 Å². The van der Waals surface area contributed by atoms with Crippen molar-refractivity contribution in [1.82, 2.24) is 10.1 Å². The van der Waals surface area contributed by atoms with E-state index in [1.165, 1.54) is 6.07 Å². The molecule has 1 aromatic heterocycles. The third-order valence-corrected chi connectivity index (χ3v) is 5.20. The Bertz CT molecular complexity index is 794. The van der Waals surface area contributed by atoms with Crippen molar-refractivity contribution in [2.24, 2.45) is 5.92 Å². The molecule has 1 fully saturated rings. The lowest BCUT2D eigenvalue weighted by Crippen LogP contribution is -2.40. The van der Waals surface area contributed by atoms with Crippen LogP contribution in [-0.4, -0.2) is 29.1 Å². The van der Waals surface area contributed by atoms with E-state index in [0.717, 1.165) is 18.9 Å².